The smallest absolute Gasteiger partial charge is 0.335 e. The Morgan fingerprint density at radius 2 is 1.48 bits per heavy atom. The second-order valence-corrected chi connectivity index (χ2v) is 10.3. The van der Waals surface area contributed by atoms with Crippen LogP contribution in [0.3, 0.4) is 0 Å². The molecule has 0 aliphatic carbocycles. The van der Waals surface area contributed by atoms with Gasteiger partial charge >= 0.3 is 5.97 Å². The Labute approximate surface area is 239 Å². The van der Waals surface area contributed by atoms with E-state index in [4.69, 9.17) is 9.47 Å². The number of phenols is 1. The first-order valence-electron chi connectivity index (χ1n) is 13.3. The Morgan fingerprint density at radius 3 is 2.07 bits per heavy atom. The van der Waals surface area contributed by atoms with Crippen LogP contribution in [0.1, 0.15) is 36.1 Å². The van der Waals surface area contributed by atoms with Gasteiger partial charge in [0.2, 0.25) is 5.91 Å². The van der Waals surface area contributed by atoms with Gasteiger partial charge in [-0.15, -0.1) is 0 Å². The quantitative estimate of drug-likeness (QED) is 0.238. The van der Waals surface area contributed by atoms with Gasteiger partial charge in [0.25, 0.3) is 0 Å². The van der Waals surface area contributed by atoms with Gasteiger partial charge in [-0.05, 0) is 72.5 Å². The molecule has 2 fully saturated rings. The molecule has 222 valence electrons. The molecule has 3 aromatic rings. The predicted molar refractivity (Wildman–Crippen MR) is 142 cm³/mol. The highest BCUT2D eigenvalue weighted by Gasteiger charge is 2.50. The van der Waals surface area contributed by atoms with E-state index in [0.717, 1.165) is 0 Å². The maximum atomic E-state index is 13.7. The largest absolute Gasteiger partial charge is 0.508 e. The number of aliphatic hydroxyl groups excluding tert-OH is 3. The van der Waals surface area contributed by atoms with Gasteiger partial charge in [0.1, 0.15) is 35.7 Å². The number of hydrogen-bond acceptors (Lipinski definition) is 8. The molecule has 42 heavy (non-hydrogen) atoms. The molecule has 0 aromatic heterocycles. The highest BCUT2D eigenvalue weighted by Crippen LogP contribution is 2.47. The number of benzene rings is 3. The summed E-state index contributed by atoms with van der Waals surface area (Å²) in [6.45, 7) is 0. The van der Waals surface area contributed by atoms with Crippen molar-refractivity contribution in [2.24, 2.45) is 5.92 Å². The van der Waals surface area contributed by atoms with Crippen molar-refractivity contribution in [3.8, 4) is 5.75 Å². The lowest BCUT2D eigenvalue weighted by Gasteiger charge is -2.48. The number of carboxylic acid groups (broad SMARTS) is 1. The second-order valence-electron chi connectivity index (χ2n) is 10.3. The summed E-state index contributed by atoms with van der Waals surface area (Å²) < 4.78 is 38.5. The van der Waals surface area contributed by atoms with Crippen molar-refractivity contribution in [2.45, 2.75) is 55.7 Å². The molecule has 0 saturated carbocycles. The molecule has 8 atom stereocenters. The lowest BCUT2D eigenvalue weighted by atomic mass is 9.78. The third-order valence-electron chi connectivity index (χ3n) is 7.65. The number of nitrogens with zero attached hydrogens (tertiary/aromatic N) is 1. The third-order valence-corrected chi connectivity index (χ3v) is 7.65. The summed E-state index contributed by atoms with van der Waals surface area (Å²) in [5, 5.41) is 49.9. The molecular formula is C30H29F2NO9. The number of carbonyl (C=O) groups excluding carboxylic acids is 1. The van der Waals surface area contributed by atoms with Crippen LogP contribution in [-0.4, -0.2) is 68.1 Å². The van der Waals surface area contributed by atoms with Crippen molar-refractivity contribution in [1.82, 2.24) is 0 Å². The summed E-state index contributed by atoms with van der Waals surface area (Å²) in [6.07, 6.45) is -9.75. The molecule has 0 spiro atoms. The lowest BCUT2D eigenvalue weighted by Crippen LogP contribution is -2.60. The first-order chi connectivity index (χ1) is 20.0. The van der Waals surface area contributed by atoms with Gasteiger partial charge in [-0.2, -0.15) is 0 Å². The molecule has 2 heterocycles. The third kappa shape index (κ3) is 5.85. The molecule has 2 aliphatic heterocycles. The van der Waals surface area contributed by atoms with Crippen molar-refractivity contribution in [3.63, 3.8) is 0 Å². The Hall–Kier alpha value is -3.94. The fourth-order valence-corrected chi connectivity index (χ4v) is 5.42. The van der Waals surface area contributed by atoms with E-state index < -0.39 is 66.4 Å². The molecule has 5 N–H and O–H groups in total. The van der Waals surface area contributed by atoms with E-state index >= 15 is 0 Å². The minimum absolute atomic E-state index is 0.0390. The molecular weight excluding hydrogens is 556 g/mol. The van der Waals surface area contributed by atoms with Crippen molar-refractivity contribution in [3.05, 3.63) is 95.6 Å². The zero-order valence-corrected chi connectivity index (χ0v) is 22.0. The highest BCUT2D eigenvalue weighted by atomic mass is 19.1. The minimum atomic E-state index is -1.90. The molecule has 1 amide bonds. The summed E-state index contributed by atoms with van der Waals surface area (Å²) in [7, 11) is 0. The molecule has 0 radical (unpaired) electrons. The van der Waals surface area contributed by atoms with E-state index in [2.05, 4.69) is 0 Å². The SMILES string of the molecule is O=C(O)C1OC(O[C@@H](CCC2C(=O)N(c3ccc(F)cc3)C2c2ccc(O)cc2)c2ccc(F)cc2)[C@H](O)[C@@H](O)[C@@H]1O. The number of hydrogen-bond donors (Lipinski definition) is 5. The summed E-state index contributed by atoms with van der Waals surface area (Å²) in [5.74, 6) is -3.36. The summed E-state index contributed by atoms with van der Waals surface area (Å²) in [6, 6.07) is 16.5. The number of halogens is 2. The number of carboxylic acids is 1. The van der Waals surface area contributed by atoms with Crippen molar-refractivity contribution in [1.29, 1.82) is 0 Å². The normalized spacial score (nSPS) is 28.3. The van der Waals surface area contributed by atoms with E-state index in [1.54, 1.807) is 12.1 Å². The maximum absolute atomic E-state index is 13.7. The fraction of sp³-hybridized carbons (Fsp3) is 0.333. The number of rotatable bonds is 9. The average Bonchev–Trinajstić information content (AvgIpc) is 2.97. The number of anilines is 1. The number of aromatic hydroxyl groups is 1. The fourth-order valence-electron chi connectivity index (χ4n) is 5.42. The van der Waals surface area contributed by atoms with Gasteiger partial charge < -0.3 is 39.9 Å². The molecule has 2 aliphatic rings. The van der Waals surface area contributed by atoms with Crippen LogP contribution < -0.4 is 4.90 Å². The average molecular weight is 586 g/mol. The zero-order valence-electron chi connectivity index (χ0n) is 22.0. The van der Waals surface area contributed by atoms with E-state index in [-0.39, 0.29) is 24.5 Å². The molecule has 2 saturated heterocycles. The Kier molecular flexibility index (Phi) is 8.53. The van der Waals surface area contributed by atoms with E-state index in [1.165, 1.54) is 65.6 Å². The predicted octanol–water partition coefficient (Wildman–Crippen LogP) is 2.80. The molecule has 10 nitrogen and oxygen atoms in total. The van der Waals surface area contributed by atoms with Gasteiger partial charge in [0, 0.05) is 5.69 Å². The number of ether oxygens (including phenoxy) is 2. The number of aliphatic carboxylic acids is 1. The van der Waals surface area contributed by atoms with Crippen molar-refractivity contribution in [2.75, 3.05) is 4.90 Å². The molecule has 3 aromatic carbocycles. The van der Waals surface area contributed by atoms with Crippen LogP contribution in [-0.2, 0) is 19.1 Å². The van der Waals surface area contributed by atoms with Crippen LogP contribution in [0.2, 0.25) is 0 Å². The molecule has 4 unspecified atom stereocenters. The molecule has 12 heteroatoms. The number of amides is 1. The van der Waals surface area contributed by atoms with Crippen LogP contribution in [0.5, 0.6) is 5.75 Å². The zero-order chi connectivity index (χ0) is 30.1. The lowest BCUT2D eigenvalue weighted by molar-refractivity contribution is -0.306. The molecule has 0 bridgehead atoms. The number of β-lactam (4-membered cyclic amide) rings is 1. The van der Waals surface area contributed by atoms with E-state index in [9.17, 15) is 43.9 Å². The maximum Gasteiger partial charge on any atom is 0.335 e. The first kappa shape index (κ1) is 29.5. The Bertz CT molecular complexity index is 1400. The van der Waals surface area contributed by atoms with Crippen LogP contribution in [0, 0.1) is 17.6 Å². The molecule has 5 rings (SSSR count). The van der Waals surface area contributed by atoms with E-state index in [1.807, 2.05) is 0 Å². The Morgan fingerprint density at radius 1 is 0.881 bits per heavy atom. The Balaban J connectivity index is 1.40. The van der Waals surface area contributed by atoms with Crippen LogP contribution in [0.25, 0.3) is 0 Å². The second kappa shape index (κ2) is 12.1. The number of aliphatic hydroxyl groups is 3. The van der Waals surface area contributed by atoms with Crippen LogP contribution in [0.4, 0.5) is 14.5 Å². The summed E-state index contributed by atoms with van der Waals surface area (Å²) in [5.41, 5.74) is 1.63. The first-order valence-corrected chi connectivity index (χ1v) is 13.3. The topological polar surface area (TPSA) is 157 Å². The monoisotopic (exact) mass is 585 g/mol. The van der Waals surface area contributed by atoms with Gasteiger partial charge in [-0.3, -0.25) is 4.79 Å². The summed E-state index contributed by atoms with van der Waals surface area (Å²) >= 11 is 0. The van der Waals surface area contributed by atoms with Gasteiger partial charge in [0.15, 0.2) is 12.4 Å². The summed E-state index contributed by atoms with van der Waals surface area (Å²) in [4.78, 5) is 26.5. The number of carbonyl (C=O) groups is 2. The standard InChI is InChI=1S/C30H29F2NO9/c31-17-5-1-15(2-6-17)22(41-30-26(37)24(35)25(36)27(42-30)29(39)40)14-13-21-23(16-3-11-20(34)12-4-16)33(28(21)38)19-9-7-18(32)8-10-19/h1-12,21-27,30,34-37H,13-14H2,(H,39,40)/t21?,22-,23?,24-,25-,26+,27?,30?/m0/s1. The van der Waals surface area contributed by atoms with Crippen molar-refractivity contribution < 1.29 is 53.4 Å². The van der Waals surface area contributed by atoms with Crippen LogP contribution >= 0.6 is 0 Å². The van der Waals surface area contributed by atoms with Crippen molar-refractivity contribution >= 4 is 17.6 Å². The van der Waals surface area contributed by atoms with Gasteiger partial charge in [-0.25, -0.2) is 13.6 Å². The minimum Gasteiger partial charge on any atom is -0.508 e. The van der Waals surface area contributed by atoms with Gasteiger partial charge in [-0.1, -0.05) is 24.3 Å². The highest BCUT2D eigenvalue weighted by molar-refractivity contribution is 6.03. The van der Waals surface area contributed by atoms with Crippen LogP contribution in [0.15, 0.2) is 72.8 Å². The van der Waals surface area contributed by atoms with E-state index in [0.29, 0.717) is 16.8 Å². The van der Waals surface area contributed by atoms with Gasteiger partial charge in [0.05, 0.1) is 18.1 Å². The number of phenolic OH excluding ortho intramolecular Hbond substituents is 1.